The highest BCUT2D eigenvalue weighted by molar-refractivity contribution is 5.92. The monoisotopic (exact) mass is 435 g/mol. The number of alkyl carbamates (subject to hydrolysis) is 1. The quantitative estimate of drug-likeness (QED) is 0.604. The van der Waals surface area contributed by atoms with Gasteiger partial charge in [0.2, 0.25) is 11.8 Å². The van der Waals surface area contributed by atoms with Crippen molar-refractivity contribution in [3.05, 3.63) is 34.9 Å². The molecule has 0 bridgehead atoms. The van der Waals surface area contributed by atoms with Crippen molar-refractivity contribution in [2.75, 3.05) is 26.7 Å². The summed E-state index contributed by atoms with van der Waals surface area (Å²) in [5, 5.41) is 4.95. The van der Waals surface area contributed by atoms with Gasteiger partial charge >= 0.3 is 12.1 Å². The number of amides is 3. The number of methoxy groups -OCH3 is 1. The molecular weight excluding hydrogens is 402 g/mol. The fourth-order valence-corrected chi connectivity index (χ4v) is 2.90. The fraction of sp³-hybridized carbons (Fsp3) is 0.545. The van der Waals surface area contributed by atoms with Crippen LogP contribution in [-0.4, -0.2) is 61.1 Å². The molecule has 31 heavy (non-hydrogen) atoms. The number of nitrogens with one attached hydrogen (secondary N) is 2. The van der Waals surface area contributed by atoms with E-state index in [4.69, 9.17) is 4.74 Å². The average molecular weight is 436 g/mol. The van der Waals surface area contributed by atoms with Crippen LogP contribution < -0.4 is 10.6 Å². The summed E-state index contributed by atoms with van der Waals surface area (Å²) in [7, 11) is 1.22. The molecule has 0 aromatic heterocycles. The van der Waals surface area contributed by atoms with Crippen molar-refractivity contribution in [1.29, 1.82) is 0 Å². The lowest BCUT2D eigenvalue weighted by molar-refractivity contribution is -0.143. The van der Waals surface area contributed by atoms with Gasteiger partial charge in [0.1, 0.15) is 24.7 Å². The molecule has 1 aromatic carbocycles. The molecule has 1 unspecified atom stereocenters. The van der Waals surface area contributed by atoms with E-state index in [-0.39, 0.29) is 19.6 Å². The average Bonchev–Trinajstić information content (AvgIpc) is 2.68. The van der Waals surface area contributed by atoms with E-state index in [9.17, 15) is 19.2 Å². The maximum Gasteiger partial charge on any atom is 0.408 e. The standard InChI is InChI=1S/C22H33N3O6/c1-8-25(17(26)12-24-21(29)31-22(4,5)6)19(20(28)23-13-18(27)30-7)16-11-14(2)9-10-15(16)3/h9-11,19H,8,12-13H2,1-7H3,(H,23,28)(H,24,29). The summed E-state index contributed by atoms with van der Waals surface area (Å²) < 4.78 is 9.73. The molecule has 0 heterocycles. The minimum absolute atomic E-state index is 0.207. The zero-order valence-electron chi connectivity index (χ0n) is 19.3. The third-order valence-corrected chi connectivity index (χ3v) is 4.37. The van der Waals surface area contributed by atoms with Gasteiger partial charge in [0, 0.05) is 6.54 Å². The predicted octanol–water partition coefficient (Wildman–Crippen LogP) is 2.01. The lowest BCUT2D eigenvalue weighted by atomic mass is 9.96. The molecule has 2 N–H and O–H groups in total. The summed E-state index contributed by atoms with van der Waals surface area (Å²) in [6.45, 7) is 10.2. The van der Waals surface area contributed by atoms with Crippen molar-refractivity contribution in [3.63, 3.8) is 0 Å². The Morgan fingerprint density at radius 3 is 2.26 bits per heavy atom. The Bertz CT molecular complexity index is 816. The molecule has 0 radical (unpaired) electrons. The molecule has 0 saturated carbocycles. The fourth-order valence-electron chi connectivity index (χ4n) is 2.90. The molecule has 9 heteroatoms. The van der Waals surface area contributed by atoms with Crippen LogP contribution in [0.15, 0.2) is 18.2 Å². The maximum atomic E-state index is 13.0. The molecule has 172 valence electrons. The van der Waals surface area contributed by atoms with Gasteiger partial charge in [-0.2, -0.15) is 0 Å². The Hall–Kier alpha value is -3.10. The molecule has 0 aliphatic rings. The summed E-state index contributed by atoms with van der Waals surface area (Å²) >= 11 is 0. The summed E-state index contributed by atoms with van der Waals surface area (Å²) in [6.07, 6.45) is -0.727. The number of carbonyl (C=O) groups is 4. The van der Waals surface area contributed by atoms with Crippen LogP contribution in [-0.2, 0) is 23.9 Å². The van der Waals surface area contributed by atoms with E-state index in [1.807, 2.05) is 32.0 Å². The first-order chi connectivity index (χ1) is 14.4. The van der Waals surface area contributed by atoms with E-state index >= 15 is 0 Å². The van der Waals surface area contributed by atoms with Crippen molar-refractivity contribution < 1.29 is 28.7 Å². The van der Waals surface area contributed by atoms with Crippen LogP contribution in [0, 0.1) is 13.8 Å². The van der Waals surface area contributed by atoms with Gasteiger partial charge in [-0.1, -0.05) is 23.8 Å². The molecule has 3 amide bonds. The number of hydrogen-bond donors (Lipinski definition) is 2. The minimum Gasteiger partial charge on any atom is -0.468 e. The molecule has 0 saturated heterocycles. The van der Waals surface area contributed by atoms with Gasteiger partial charge in [-0.25, -0.2) is 4.79 Å². The second-order valence-electron chi connectivity index (χ2n) is 8.09. The van der Waals surface area contributed by atoms with E-state index < -0.39 is 35.5 Å². The molecular formula is C22H33N3O6. The van der Waals surface area contributed by atoms with Gasteiger partial charge in [0.05, 0.1) is 7.11 Å². The number of benzene rings is 1. The second-order valence-corrected chi connectivity index (χ2v) is 8.09. The minimum atomic E-state index is -0.984. The van der Waals surface area contributed by atoms with Crippen molar-refractivity contribution in [2.24, 2.45) is 0 Å². The zero-order chi connectivity index (χ0) is 23.8. The second kappa shape index (κ2) is 11.3. The summed E-state index contributed by atoms with van der Waals surface area (Å²) in [6, 6.07) is 4.62. The Morgan fingerprint density at radius 1 is 1.06 bits per heavy atom. The Kier molecular flexibility index (Phi) is 9.48. The number of carbonyl (C=O) groups excluding carboxylic acids is 4. The third-order valence-electron chi connectivity index (χ3n) is 4.37. The molecule has 0 aliphatic carbocycles. The van der Waals surface area contributed by atoms with Crippen molar-refractivity contribution in [2.45, 2.75) is 53.2 Å². The van der Waals surface area contributed by atoms with E-state index in [0.29, 0.717) is 5.56 Å². The highest BCUT2D eigenvalue weighted by Crippen LogP contribution is 2.25. The number of esters is 1. The molecule has 0 aliphatic heterocycles. The van der Waals surface area contributed by atoms with Gasteiger partial charge in [0.15, 0.2) is 0 Å². The first kappa shape index (κ1) is 25.9. The Balaban J connectivity index is 3.14. The van der Waals surface area contributed by atoms with Crippen molar-refractivity contribution >= 4 is 23.9 Å². The predicted molar refractivity (Wildman–Crippen MR) is 115 cm³/mol. The summed E-state index contributed by atoms with van der Waals surface area (Å²) in [4.78, 5) is 50.7. The van der Waals surface area contributed by atoms with Crippen LogP contribution in [0.5, 0.6) is 0 Å². The molecule has 1 aromatic rings. The number of hydrogen-bond acceptors (Lipinski definition) is 6. The van der Waals surface area contributed by atoms with Crippen molar-refractivity contribution in [3.8, 4) is 0 Å². The normalized spacial score (nSPS) is 11.8. The van der Waals surface area contributed by atoms with Gasteiger partial charge in [-0.05, 0) is 52.7 Å². The van der Waals surface area contributed by atoms with Gasteiger partial charge < -0.3 is 25.0 Å². The smallest absolute Gasteiger partial charge is 0.408 e. The van der Waals surface area contributed by atoms with Crippen LogP contribution >= 0.6 is 0 Å². The Labute approximate surface area is 183 Å². The number of rotatable bonds is 8. The number of aryl methyl sites for hydroxylation is 2. The number of nitrogens with zero attached hydrogens (tertiary/aromatic N) is 1. The lowest BCUT2D eigenvalue weighted by Crippen LogP contribution is -2.48. The van der Waals surface area contributed by atoms with Gasteiger partial charge in [-0.15, -0.1) is 0 Å². The third kappa shape index (κ3) is 8.27. The maximum absolute atomic E-state index is 13.0. The van der Waals surface area contributed by atoms with E-state index in [1.165, 1.54) is 12.0 Å². The zero-order valence-corrected chi connectivity index (χ0v) is 19.3. The van der Waals surface area contributed by atoms with Gasteiger partial charge in [-0.3, -0.25) is 14.4 Å². The Morgan fingerprint density at radius 2 is 1.71 bits per heavy atom. The highest BCUT2D eigenvalue weighted by atomic mass is 16.6. The summed E-state index contributed by atoms with van der Waals surface area (Å²) in [5.74, 6) is -1.59. The molecule has 1 atom stereocenters. The molecule has 0 spiro atoms. The topological polar surface area (TPSA) is 114 Å². The van der Waals surface area contributed by atoms with Crippen LogP contribution in [0.4, 0.5) is 4.79 Å². The lowest BCUT2D eigenvalue weighted by Gasteiger charge is -2.31. The van der Waals surface area contributed by atoms with Crippen LogP contribution in [0.25, 0.3) is 0 Å². The summed E-state index contributed by atoms with van der Waals surface area (Å²) in [5.41, 5.74) is 1.67. The van der Waals surface area contributed by atoms with Crippen LogP contribution in [0.2, 0.25) is 0 Å². The largest absolute Gasteiger partial charge is 0.468 e. The highest BCUT2D eigenvalue weighted by Gasteiger charge is 2.32. The van der Waals surface area contributed by atoms with E-state index in [0.717, 1.165) is 11.1 Å². The molecule has 9 nitrogen and oxygen atoms in total. The van der Waals surface area contributed by atoms with E-state index in [2.05, 4.69) is 15.4 Å². The van der Waals surface area contributed by atoms with E-state index in [1.54, 1.807) is 27.7 Å². The molecule has 1 rings (SSSR count). The molecule has 0 fully saturated rings. The van der Waals surface area contributed by atoms with Crippen molar-refractivity contribution in [1.82, 2.24) is 15.5 Å². The van der Waals surface area contributed by atoms with Crippen LogP contribution in [0.1, 0.15) is 50.4 Å². The SMILES string of the molecule is CCN(C(=O)CNC(=O)OC(C)(C)C)C(C(=O)NCC(=O)OC)c1cc(C)ccc1C. The number of ether oxygens (including phenoxy) is 2. The van der Waals surface area contributed by atoms with Gasteiger partial charge in [0.25, 0.3) is 0 Å². The van der Waals surface area contributed by atoms with Crippen LogP contribution in [0.3, 0.4) is 0 Å². The first-order valence-electron chi connectivity index (χ1n) is 10.1. The first-order valence-corrected chi connectivity index (χ1v) is 10.1. The number of likely N-dealkylation sites (N-methyl/N-ethyl adjacent to an activating group) is 1.